The third kappa shape index (κ3) is 6.07. The number of thioether (sulfide) groups is 1. The number of hydrogen-bond donors (Lipinski definition) is 1. The molecule has 0 radical (unpaired) electrons. The van der Waals surface area contributed by atoms with E-state index in [1.807, 2.05) is 11.8 Å². The lowest BCUT2D eigenvalue weighted by molar-refractivity contribution is 0.124. The second kappa shape index (κ2) is 8.02. The Hall–Kier alpha value is -0.260. The maximum Gasteiger partial charge on any atom is 0.157 e. The minimum absolute atomic E-state index is 0.232. The van der Waals surface area contributed by atoms with Crippen molar-refractivity contribution in [2.24, 2.45) is 4.99 Å². The number of hydrogen-bond acceptors (Lipinski definition) is 4. The van der Waals surface area contributed by atoms with Crippen LogP contribution in [0.25, 0.3) is 0 Å². The van der Waals surface area contributed by atoms with Gasteiger partial charge in [-0.3, -0.25) is 4.99 Å². The zero-order chi connectivity index (χ0) is 13.4. The van der Waals surface area contributed by atoms with Crippen LogP contribution < -0.4 is 5.32 Å². The van der Waals surface area contributed by atoms with Crippen molar-refractivity contribution >= 4 is 16.9 Å². The van der Waals surface area contributed by atoms with Gasteiger partial charge in [0.15, 0.2) is 5.17 Å². The summed E-state index contributed by atoms with van der Waals surface area (Å²) in [5.74, 6) is 1.16. The molecule has 0 spiro atoms. The SMILES string of the molecule is CCC1(C)CCSC(=NCCOCCN(C)C)N1. The van der Waals surface area contributed by atoms with Gasteiger partial charge in [0.1, 0.15) is 0 Å². The van der Waals surface area contributed by atoms with Crippen molar-refractivity contribution < 1.29 is 4.74 Å². The number of aliphatic imine (C=N–C) groups is 1. The van der Waals surface area contributed by atoms with Crippen molar-refractivity contribution in [3.8, 4) is 0 Å². The summed E-state index contributed by atoms with van der Waals surface area (Å²) in [6, 6.07) is 0. The van der Waals surface area contributed by atoms with Gasteiger partial charge in [-0.2, -0.15) is 0 Å². The first-order chi connectivity index (χ1) is 8.56. The average molecular weight is 273 g/mol. The molecule has 1 N–H and O–H groups in total. The van der Waals surface area contributed by atoms with Crippen LogP contribution in [0.15, 0.2) is 4.99 Å². The molecule has 4 nitrogen and oxygen atoms in total. The Bertz CT molecular complexity index is 271. The summed E-state index contributed by atoms with van der Waals surface area (Å²) in [5, 5.41) is 4.62. The van der Waals surface area contributed by atoms with Gasteiger partial charge in [0.25, 0.3) is 0 Å². The summed E-state index contributed by atoms with van der Waals surface area (Å²) in [5.41, 5.74) is 0.232. The van der Waals surface area contributed by atoms with Crippen LogP contribution in [0, 0.1) is 0 Å². The van der Waals surface area contributed by atoms with Crippen LogP contribution in [-0.2, 0) is 4.74 Å². The van der Waals surface area contributed by atoms with Gasteiger partial charge in [-0.25, -0.2) is 0 Å². The molecule has 1 unspecified atom stereocenters. The lowest BCUT2D eigenvalue weighted by Gasteiger charge is -2.35. The molecule has 0 aliphatic carbocycles. The first-order valence-electron chi connectivity index (χ1n) is 6.73. The molecule has 1 saturated heterocycles. The van der Waals surface area contributed by atoms with E-state index in [4.69, 9.17) is 4.74 Å². The van der Waals surface area contributed by atoms with E-state index in [1.165, 1.54) is 6.42 Å². The van der Waals surface area contributed by atoms with Crippen LogP contribution in [0.5, 0.6) is 0 Å². The molecule has 1 rings (SSSR count). The van der Waals surface area contributed by atoms with E-state index in [0.29, 0.717) is 6.61 Å². The minimum Gasteiger partial charge on any atom is -0.378 e. The Morgan fingerprint density at radius 1 is 1.44 bits per heavy atom. The first kappa shape index (κ1) is 15.8. The van der Waals surface area contributed by atoms with Crippen LogP contribution in [0.3, 0.4) is 0 Å². The lowest BCUT2D eigenvalue weighted by Crippen LogP contribution is -2.48. The van der Waals surface area contributed by atoms with Crippen molar-refractivity contribution in [1.82, 2.24) is 10.2 Å². The maximum absolute atomic E-state index is 5.53. The van der Waals surface area contributed by atoms with E-state index < -0.39 is 0 Å². The molecule has 1 aliphatic rings. The number of nitrogens with one attached hydrogen (secondary N) is 1. The molecular formula is C13H27N3OS. The van der Waals surface area contributed by atoms with Gasteiger partial charge in [0, 0.05) is 17.8 Å². The summed E-state index contributed by atoms with van der Waals surface area (Å²) in [6.45, 7) is 7.72. The number of rotatable bonds is 7. The normalized spacial score (nSPS) is 26.6. The minimum atomic E-state index is 0.232. The lowest BCUT2D eigenvalue weighted by atomic mass is 9.96. The predicted octanol–water partition coefficient (Wildman–Crippen LogP) is 1.82. The Labute approximate surface area is 116 Å². The zero-order valence-electron chi connectivity index (χ0n) is 12.2. The largest absolute Gasteiger partial charge is 0.378 e. The van der Waals surface area contributed by atoms with Crippen molar-refractivity contribution in [2.75, 3.05) is 46.2 Å². The van der Waals surface area contributed by atoms with Gasteiger partial charge in [0.05, 0.1) is 19.8 Å². The Morgan fingerprint density at radius 2 is 2.22 bits per heavy atom. The van der Waals surface area contributed by atoms with E-state index >= 15 is 0 Å². The van der Waals surface area contributed by atoms with Crippen LogP contribution in [-0.4, -0.2) is 61.8 Å². The van der Waals surface area contributed by atoms with Crippen LogP contribution in [0.4, 0.5) is 0 Å². The molecule has 0 aromatic rings. The fourth-order valence-corrected chi connectivity index (χ4v) is 2.89. The third-order valence-corrected chi connectivity index (χ3v) is 4.17. The quantitative estimate of drug-likeness (QED) is 0.718. The molecular weight excluding hydrogens is 246 g/mol. The average Bonchev–Trinajstić information content (AvgIpc) is 2.33. The number of amidine groups is 1. The molecule has 0 bridgehead atoms. The van der Waals surface area contributed by atoms with Crippen molar-refractivity contribution in [3.63, 3.8) is 0 Å². The van der Waals surface area contributed by atoms with Gasteiger partial charge < -0.3 is 15.0 Å². The topological polar surface area (TPSA) is 36.9 Å². The number of nitrogens with zero attached hydrogens (tertiary/aromatic N) is 2. The number of likely N-dealkylation sites (N-methyl/N-ethyl adjacent to an activating group) is 1. The fraction of sp³-hybridized carbons (Fsp3) is 0.923. The van der Waals surface area contributed by atoms with Crippen molar-refractivity contribution in [1.29, 1.82) is 0 Å². The molecule has 1 fully saturated rings. The summed E-state index contributed by atoms with van der Waals surface area (Å²) in [4.78, 5) is 6.70. The summed E-state index contributed by atoms with van der Waals surface area (Å²) in [6.07, 6.45) is 2.36. The molecule has 0 aromatic carbocycles. The third-order valence-electron chi connectivity index (χ3n) is 3.26. The van der Waals surface area contributed by atoms with Gasteiger partial charge >= 0.3 is 0 Å². The Kier molecular flexibility index (Phi) is 7.04. The highest BCUT2D eigenvalue weighted by molar-refractivity contribution is 8.13. The monoisotopic (exact) mass is 273 g/mol. The maximum atomic E-state index is 5.53. The molecule has 1 aliphatic heterocycles. The van der Waals surface area contributed by atoms with Crippen LogP contribution in [0.2, 0.25) is 0 Å². The predicted molar refractivity (Wildman–Crippen MR) is 80.6 cm³/mol. The van der Waals surface area contributed by atoms with E-state index in [0.717, 1.165) is 37.0 Å². The highest BCUT2D eigenvalue weighted by atomic mass is 32.2. The fourth-order valence-electron chi connectivity index (χ4n) is 1.64. The van der Waals surface area contributed by atoms with E-state index in [2.05, 4.69) is 43.2 Å². The van der Waals surface area contributed by atoms with Crippen molar-refractivity contribution in [3.05, 3.63) is 0 Å². The standard InChI is InChI=1S/C13H27N3OS/c1-5-13(2)6-11-18-12(15-13)14-7-9-17-10-8-16(3)4/h5-11H2,1-4H3,(H,14,15). The van der Waals surface area contributed by atoms with Gasteiger partial charge in [-0.15, -0.1) is 0 Å². The zero-order valence-corrected chi connectivity index (χ0v) is 13.0. The van der Waals surface area contributed by atoms with Gasteiger partial charge in [0.2, 0.25) is 0 Å². The summed E-state index contributed by atoms with van der Waals surface area (Å²) >= 11 is 1.82. The first-order valence-corrected chi connectivity index (χ1v) is 7.72. The highest BCUT2D eigenvalue weighted by Gasteiger charge is 2.27. The smallest absolute Gasteiger partial charge is 0.157 e. The Morgan fingerprint density at radius 3 is 2.89 bits per heavy atom. The molecule has 5 heteroatoms. The van der Waals surface area contributed by atoms with Crippen molar-refractivity contribution in [2.45, 2.75) is 32.2 Å². The molecule has 0 aromatic heterocycles. The molecule has 106 valence electrons. The second-order valence-electron chi connectivity index (χ2n) is 5.24. The Balaban J connectivity index is 2.18. The number of ether oxygens (including phenoxy) is 1. The van der Waals surface area contributed by atoms with Gasteiger partial charge in [-0.1, -0.05) is 18.7 Å². The van der Waals surface area contributed by atoms with Crippen LogP contribution in [0.1, 0.15) is 26.7 Å². The van der Waals surface area contributed by atoms with E-state index in [9.17, 15) is 0 Å². The van der Waals surface area contributed by atoms with Gasteiger partial charge in [-0.05, 0) is 33.9 Å². The molecule has 1 atom stereocenters. The summed E-state index contributed by atoms with van der Waals surface area (Å²) < 4.78 is 5.53. The van der Waals surface area contributed by atoms with Crippen LogP contribution >= 0.6 is 11.8 Å². The molecule has 1 heterocycles. The molecule has 0 amide bonds. The molecule has 0 saturated carbocycles. The highest BCUT2D eigenvalue weighted by Crippen LogP contribution is 2.24. The van der Waals surface area contributed by atoms with E-state index in [-0.39, 0.29) is 5.54 Å². The molecule has 18 heavy (non-hydrogen) atoms. The summed E-state index contributed by atoms with van der Waals surface area (Å²) in [7, 11) is 4.11. The second-order valence-corrected chi connectivity index (χ2v) is 6.32. The van der Waals surface area contributed by atoms with E-state index in [1.54, 1.807) is 0 Å².